The Morgan fingerprint density at radius 2 is 2.05 bits per heavy atom. The zero-order valence-electron chi connectivity index (χ0n) is 13.8. The van der Waals surface area contributed by atoms with E-state index in [-0.39, 0.29) is 5.91 Å². The van der Waals surface area contributed by atoms with Gasteiger partial charge in [-0.25, -0.2) is 0 Å². The predicted molar refractivity (Wildman–Crippen MR) is 85.4 cm³/mol. The van der Waals surface area contributed by atoms with E-state index in [1.54, 1.807) is 0 Å². The molecule has 5 nitrogen and oxygen atoms in total. The SMILES string of the molecule is CN1C[C@@H]2CCC[C@H]1CN(C(=O)CCCN1CCCC1=O)C2. The summed E-state index contributed by atoms with van der Waals surface area (Å²) in [5.41, 5.74) is 0. The third-order valence-electron chi connectivity index (χ3n) is 5.57. The number of amides is 2. The zero-order valence-corrected chi connectivity index (χ0v) is 13.8. The van der Waals surface area contributed by atoms with Crippen molar-refractivity contribution in [2.75, 3.05) is 39.8 Å². The van der Waals surface area contributed by atoms with Crippen LogP contribution in [0.5, 0.6) is 0 Å². The molecule has 3 heterocycles. The van der Waals surface area contributed by atoms with Crippen molar-refractivity contribution in [1.29, 1.82) is 0 Å². The van der Waals surface area contributed by atoms with Gasteiger partial charge in [0.25, 0.3) is 0 Å². The van der Waals surface area contributed by atoms with Crippen LogP contribution in [-0.2, 0) is 9.59 Å². The Hall–Kier alpha value is -1.10. The first-order chi connectivity index (χ1) is 10.6. The Morgan fingerprint density at radius 1 is 1.18 bits per heavy atom. The molecule has 0 spiro atoms. The van der Waals surface area contributed by atoms with Crippen molar-refractivity contribution in [2.45, 2.75) is 51.0 Å². The Morgan fingerprint density at radius 3 is 2.82 bits per heavy atom. The molecule has 124 valence electrons. The van der Waals surface area contributed by atoms with E-state index in [0.29, 0.717) is 30.7 Å². The van der Waals surface area contributed by atoms with Crippen molar-refractivity contribution in [2.24, 2.45) is 5.92 Å². The number of carbonyl (C=O) groups is 2. The third-order valence-corrected chi connectivity index (χ3v) is 5.57. The number of likely N-dealkylation sites (tertiary alicyclic amines) is 2. The number of hydrogen-bond acceptors (Lipinski definition) is 3. The van der Waals surface area contributed by atoms with E-state index in [1.807, 2.05) is 4.90 Å². The summed E-state index contributed by atoms with van der Waals surface area (Å²) in [6.07, 6.45) is 6.86. The molecule has 0 aromatic carbocycles. The third kappa shape index (κ3) is 3.62. The summed E-state index contributed by atoms with van der Waals surface area (Å²) < 4.78 is 0. The minimum absolute atomic E-state index is 0.262. The number of likely N-dealkylation sites (N-methyl/N-ethyl adjacent to an activating group) is 1. The van der Waals surface area contributed by atoms with Crippen LogP contribution in [0.1, 0.15) is 44.9 Å². The van der Waals surface area contributed by atoms with Gasteiger partial charge in [-0.15, -0.1) is 0 Å². The minimum Gasteiger partial charge on any atom is -0.343 e. The highest BCUT2D eigenvalue weighted by molar-refractivity contribution is 5.78. The molecule has 3 fully saturated rings. The molecule has 0 N–H and O–H groups in total. The smallest absolute Gasteiger partial charge is 0.222 e. The first-order valence-electron chi connectivity index (χ1n) is 8.89. The van der Waals surface area contributed by atoms with Gasteiger partial charge in [-0.2, -0.15) is 0 Å². The van der Waals surface area contributed by atoms with Crippen molar-refractivity contribution in [3.05, 3.63) is 0 Å². The van der Waals surface area contributed by atoms with Crippen LogP contribution in [-0.4, -0.2) is 72.3 Å². The molecule has 5 heteroatoms. The fourth-order valence-electron chi connectivity index (χ4n) is 4.25. The molecule has 0 radical (unpaired) electrons. The van der Waals surface area contributed by atoms with E-state index >= 15 is 0 Å². The highest BCUT2D eigenvalue weighted by atomic mass is 16.2. The highest BCUT2D eigenvalue weighted by Gasteiger charge is 2.32. The van der Waals surface area contributed by atoms with Crippen molar-refractivity contribution in [1.82, 2.24) is 14.7 Å². The molecule has 22 heavy (non-hydrogen) atoms. The lowest BCUT2D eigenvalue weighted by atomic mass is 9.99. The standard InChI is InChI=1S/C17H29N3O2/c1-18-11-14-5-2-6-15(18)13-20(12-14)17(22)8-4-10-19-9-3-7-16(19)21/h14-15H,2-13H2,1H3/t14-,15-/m0/s1. The van der Waals surface area contributed by atoms with Gasteiger partial charge >= 0.3 is 0 Å². The molecule has 0 aromatic heterocycles. The van der Waals surface area contributed by atoms with Gasteiger partial charge < -0.3 is 14.7 Å². The molecule has 0 aliphatic carbocycles. The quantitative estimate of drug-likeness (QED) is 0.787. The van der Waals surface area contributed by atoms with Gasteiger partial charge in [-0.05, 0) is 38.6 Å². The molecular formula is C17H29N3O2. The number of hydrogen-bond donors (Lipinski definition) is 0. The fourth-order valence-corrected chi connectivity index (χ4v) is 4.25. The van der Waals surface area contributed by atoms with Crippen molar-refractivity contribution < 1.29 is 9.59 Å². The van der Waals surface area contributed by atoms with Crippen LogP contribution in [0.15, 0.2) is 0 Å². The lowest BCUT2D eigenvalue weighted by molar-refractivity contribution is -0.133. The van der Waals surface area contributed by atoms with Gasteiger partial charge in [0.15, 0.2) is 0 Å². The van der Waals surface area contributed by atoms with Gasteiger partial charge in [-0.1, -0.05) is 6.42 Å². The lowest BCUT2D eigenvalue weighted by Gasteiger charge is -2.30. The van der Waals surface area contributed by atoms with Crippen LogP contribution < -0.4 is 0 Å². The Kier molecular flexibility index (Phi) is 5.01. The number of fused-ring (bicyclic) bond motifs is 3. The molecule has 3 saturated heterocycles. The Labute approximate surface area is 133 Å². The van der Waals surface area contributed by atoms with E-state index in [2.05, 4.69) is 16.8 Å². The second-order valence-corrected chi connectivity index (χ2v) is 7.28. The van der Waals surface area contributed by atoms with Gasteiger partial charge in [-0.3, -0.25) is 9.59 Å². The largest absolute Gasteiger partial charge is 0.343 e. The first kappa shape index (κ1) is 15.8. The van der Waals surface area contributed by atoms with E-state index in [1.165, 1.54) is 19.3 Å². The maximum absolute atomic E-state index is 12.5. The van der Waals surface area contributed by atoms with E-state index in [0.717, 1.165) is 45.6 Å². The lowest BCUT2D eigenvalue weighted by Crippen LogP contribution is -2.42. The summed E-state index contributed by atoms with van der Waals surface area (Å²) in [5, 5.41) is 0. The maximum atomic E-state index is 12.5. The monoisotopic (exact) mass is 307 g/mol. The zero-order chi connectivity index (χ0) is 15.5. The summed E-state index contributed by atoms with van der Waals surface area (Å²) in [5.74, 6) is 1.19. The van der Waals surface area contributed by atoms with E-state index in [9.17, 15) is 9.59 Å². The van der Waals surface area contributed by atoms with Crippen LogP contribution in [0, 0.1) is 5.92 Å². The van der Waals surface area contributed by atoms with Gasteiger partial charge in [0, 0.05) is 51.6 Å². The summed E-state index contributed by atoms with van der Waals surface area (Å²) in [6, 6.07) is 0.539. The molecular weight excluding hydrogens is 278 g/mol. The predicted octanol–water partition coefficient (Wildman–Crippen LogP) is 1.33. The average molecular weight is 307 g/mol. The Balaban J connectivity index is 1.48. The topological polar surface area (TPSA) is 43.9 Å². The second-order valence-electron chi connectivity index (χ2n) is 7.28. The summed E-state index contributed by atoms with van der Waals surface area (Å²) in [4.78, 5) is 30.6. The Bertz CT molecular complexity index is 426. The molecule has 0 unspecified atom stereocenters. The molecule has 0 aromatic rings. The molecule has 0 saturated carbocycles. The number of carbonyl (C=O) groups excluding carboxylic acids is 2. The van der Waals surface area contributed by atoms with Gasteiger partial charge in [0.2, 0.25) is 11.8 Å². The maximum Gasteiger partial charge on any atom is 0.222 e. The first-order valence-corrected chi connectivity index (χ1v) is 8.89. The molecule has 2 bridgehead atoms. The molecule has 3 aliphatic rings. The van der Waals surface area contributed by atoms with Crippen molar-refractivity contribution in [3.8, 4) is 0 Å². The molecule has 2 atom stereocenters. The van der Waals surface area contributed by atoms with Crippen LogP contribution in [0.3, 0.4) is 0 Å². The molecule has 3 aliphatic heterocycles. The molecule has 2 amide bonds. The highest BCUT2D eigenvalue weighted by Crippen LogP contribution is 2.26. The van der Waals surface area contributed by atoms with Crippen LogP contribution in [0.25, 0.3) is 0 Å². The number of nitrogens with zero attached hydrogens (tertiary/aromatic N) is 3. The van der Waals surface area contributed by atoms with E-state index in [4.69, 9.17) is 0 Å². The van der Waals surface area contributed by atoms with Crippen molar-refractivity contribution in [3.63, 3.8) is 0 Å². The van der Waals surface area contributed by atoms with Crippen LogP contribution in [0.2, 0.25) is 0 Å². The van der Waals surface area contributed by atoms with E-state index < -0.39 is 0 Å². The minimum atomic E-state index is 0.262. The van der Waals surface area contributed by atoms with Gasteiger partial charge in [0.05, 0.1) is 0 Å². The molecule has 3 rings (SSSR count). The number of rotatable bonds is 4. The fraction of sp³-hybridized carbons (Fsp3) is 0.882. The second kappa shape index (κ2) is 6.99. The van der Waals surface area contributed by atoms with Gasteiger partial charge in [0.1, 0.15) is 0 Å². The summed E-state index contributed by atoms with van der Waals surface area (Å²) in [6.45, 7) is 4.60. The summed E-state index contributed by atoms with van der Waals surface area (Å²) in [7, 11) is 2.20. The van der Waals surface area contributed by atoms with Crippen LogP contribution >= 0.6 is 0 Å². The summed E-state index contributed by atoms with van der Waals surface area (Å²) >= 11 is 0. The average Bonchev–Trinajstić information content (AvgIpc) is 2.69. The normalized spacial score (nSPS) is 29.8. The van der Waals surface area contributed by atoms with Crippen molar-refractivity contribution >= 4 is 11.8 Å². The van der Waals surface area contributed by atoms with Crippen LogP contribution in [0.4, 0.5) is 0 Å².